The predicted molar refractivity (Wildman–Crippen MR) is 63.0 cm³/mol. The first-order chi connectivity index (χ1) is 7.43. The number of hydrogen-bond acceptors (Lipinski definition) is 0. The van der Waals surface area contributed by atoms with E-state index >= 15 is 0 Å². The minimum Gasteiger partial charge on any atom is -0.0622 e. The quantitative estimate of drug-likeness (QED) is 0.685. The Balaban J connectivity index is 1.79. The van der Waals surface area contributed by atoms with Gasteiger partial charge in [0, 0.05) is 0 Å². The van der Waals surface area contributed by atoms with Crippen LogP contribution < -0.4 is 0 Å². The van der Waals surface area contributed by atoms with Crippen LogP contribution in [0.3, 0.4) is 0 Å². The van der Waals surface area contributed by atoms with Crippen molar-refractivity contribution in [3.8, 4) is 0 Å². The first kappa shape index (κ1) is 8.72. The fourth-order valence-corrected chi connectivity index (χ4v) is 2.44. The Kier molecular flexibility index (Phi) is 2.06. The van der Waals surface area contributed by atoms with Crippen molar-refractivity contribution in [3.05, 3.63) is 71.3 Å². The second-order valence-corrected chi connectivity index (χ2v) is 4.29. The van der Waals surface area contributed by atoms with Crippen LogP contribution in [0.25, 0.3) is 0 Å². The summed E-state index contributed by atoms with van der Waals surface area (Å²) < 4.78 is 0. The van der Waals surface area contributed by atoms with Crippen LogP contribution in [-0.2, 0) is 12.8 Å². The molecule has 74 valence electrons. The maximum Gasteiger partial charge on any atom is -0.00782 e. The van der Waals surface area contributed by atoms with E-state index in [4.69, 9.17) is 0 Å². The fraction of sp³-hybridized carbons (Fsp3) is 0.200. The summed E-state index contributed by atoms with van der Waals surface area (Å²) >= 11 is 0. The third-order valence-electron chi connectivity index (χ3n) is 3.29. The molecule has 0 aromatic heterocycles. The van der Waals surface area contributed by atoms with Crippen LogP contribution in [0, 0.1) is 0 Å². The highest BCUT2D eigenvalue weighted by Crippen LogP contribution is 2.36. The molecule has 2 aromatic carbocycles. The molecule has 0 nitrogen and oxygen atoms in total. The molecule has 0 radical (unpaired) electrons. The van der Waals surface area contributed by atoms with E-state index in [0.29, 0.717) is 0 Å². The van der Waals surface area contributed by atoms with Crippen LogP contribution in [0.1, 0.15) is 22.6 Å². The van der Waals surface area contributed by atoms with E-state index in [1.807, 2.05) is 0 Å². The standard InChI is InChI=1S/C15H14/c1-2-6-12(7-3-1)10-14-11-13-8-4-5-9-15(13)14/h1-9,14H,10-11H2. The van der Waals surface area contributed by atoms with Crippen molar-refractivity contribution < 1.29 is 0 Å². The average molecular weight is 194 g/mol. The summed E-state index contributed by atoms with van der Waals surface area (Å²) in [5, 5.41) is 0. The van der Waals surface area contributed by atoms with Gasteiger partial charge in [0.1, 0.15) is 0 Å². The largest absolute Gasteiger partial charge is 0.0622 e. The van der Waals surface area contributed by atoms with Crippen molar-refractivity contribution in [2.75, 3.05) is 0 Å². The molecule has 0 amide bonds. The lowest BCUT2D eigenvalue weighted by molar-refractivity contribution is 0.604. The topological polar surface area (TPSA) is 0 Å². The van der Waals surface area contributed by atoms with E-state index in [1.54, 1.807) is 11.1 Å². The number of benzene rings is 2. The van der Waals surface area contributed by atoms with E-state index in [-0.39, 0.29) is 0 Å². The first-order valence-electron chi connectivity index (χ1n) is 5.55. The molecule has 0 fully saturated rings. The van der Waals surface area contributed by atoms with Crippen LogP contribution in [0.15, 0.2) is 54.6 Å². The monoisotopic (exact) mass is 194 g/mol. The van der Waals surface area contributed by atoms with Gasteiger partial charge in [0.05, 0.1) is 0 Å². The van der Waals surface area contributed by atoms with Crippen molar-refractivity contribution in [1.82, 2.24) is 0 Å². The molecule has 0 aliphatic heterocycles. The minimum atomic E-state index is 0.753. The lowest BCUT2D eigenvalue weighted by atomic mass is 9.74. The third-order valence-corrected chi connectivity index (χ3v) is 3.29. The second kappa shape index (κ2) is 3.54. The summed E-state index contributed by atoms with van der Waals surface area (Å²) in [6.07, 6.45) is 2.45. The van der Waals surface area contributed by atoms with Gasteiger partial charge in [-0.05, 0) is 35.4 Å². The zero-order chi connectivity index (χ0) is 10.1. The summed E-state index contributed by atoms with van der Waals surface area (Å²) in [7, 11) is 0. The average Bonchev–Trinajstić information content (AvgIpc) is 2.27. The van der Waals surface area contributed by atoms with Crippen LogP contribution in [0.2, 0.25) is 0 Å². The van der Waals surface area contributed by atoms with E-state index in [9.17, 15) is 0 Å². The number of fused-ring (bicyclic) bond motifs is 1. The lowest BCUT2D eigenvalue weighted by Crippen LogP contribution is -2.18. The maximum atomic E-state index is 2.27. The summed E-state index contributed by atoms with van der Waals surface area (Å²) in [5.74, 6) is 0.753. The number of rotatable bonds is 2. The van der Waals surface area contributed by atoms with Gasteiger partial charge in [0.2, 0.25) is 0 Å². The molecule has 3 rings (SSSR count). The molecule has 0 saturated carbocycles. The van der Waals surface area contributed by atoms with E-state index in [0.717, 1.165) is 5.92 Å². The van der Waals surface area contributed by atoms with Crippen molar-refractivity contribution in [2.45, 2.75) is 18.8 Å². The first-order valence-corrected chi connectivity index (χ1v) is 5.55. The SMILES string of the molecule is c1ccc(CC2Cc3ccccc32)cc1. The molecule has 0 heteroatoms. The zero-order valence-electron chi connectivity index (χ0n) is 8.69. The van der Waals surface area contributed by atoms with Gasteiger partial charge < -0.3 is 0 Å². The molecule has 0 spiro atoms. The van der Waals surface area contributed by atoms with Crippen LogP contribution >= 0.6 is 0 Å². The Bertz CT molecular complexity index is 456. The van der Waals surface area contributed by atoms with Gasteiger partial charge in [0.15, 0.2) is 0 Å². The van der Waals surface area contributed by atoms with E-state index in [1.165, 1.54) is 18.4 Å². The minimum absolute atomic E-state index is 0.753. The fourth-order valence-electron chi connectivity index (χ4n) is 2.44. The molecule has 0 saturated heterocycles. The van der Waals surface area contributed by atoms with Crippen LogP contribution in [0.5, 0.6) is 0 Å². The van der Waals surface area contributed by atoms with Gasteiger partial charge in [-0.1, -0.05) is 54.6 Å². The molecular weight excluding hydrogens is 180 g/mol. The van der Waals surface area contributed by atoms with E-state index in [2.05, 4.69) is 54.6 Å². The Morgan fingerprint density at radius 3 is 2.40 bits per heavy atom. The lowest BCUT2D eigenvalue weighted by Gasteiger charge is -2.30. The van der Waals surface area contributed by atoms with E-state index < -0.39 is 0 Å². The summed E-state index contributed by atoms with van der Waals surface area (Å²) in [5.41, 5.74) is 4.55. The molecule has 15 heavy (non-hydrogen) atoms. The highest BCUT2D eigenvalue weighted by molar-refractivity contribution is 5.41. The molecule has 1 unspecified atom stereocenters. The van der Waals surface area contributed by atoms with Crippen molar-refractivity contribution in [3.63, 3.8) is 0 Å². The Morgan fingerprint density at radius 1 is 0.867 bits per heavy atom. The van der Waals surface area contributed by atoms with Crippen molar-refractivity contribution in [1.29, 1.82) is 0 Å². The molecule has 0 heterocycles. The number of hydrogen-bond donors (Lipinski definition) is 0. The molecule has 1 aliphatic carbocycles. The molecule has 2 aromatic rings. The predicted octanol–water partition coefficient (Wildman–Crippen LogP) is 3.57. The Morgan fingerprint density at radius 2 is 1.60 bits per heavy atom. The summed E-state index contributed by atoms with van der Waals surface area (Å²) in [4.78, 5) is 0. The highest BCUT2D eigenvalue weighted by Gasteiger charge is 2.24. The van der Waals surface area contributed by atoms with Gasteiger partial charge in [-0.25, -0.2) is 0 Å². The molecule has 0 N–H and O–H groups in total. The summed E-state index contributed by atoms with van der Waals surface area (Å²) in [6.45, 7) is 0. The molecular formula is C15H14. The Hall–Kier alpha value is -1.56. The van der Waals surface area contributed by atoms with Crippen LogP contribution in [0.4, 0.5) is 0 Å². The van der Waals surface area contributed by atoms with Gasteiger partial charge in [-0.3, -0.25) is 0 Å². The normalized spacial score (nSPS) is 18.0. The molecule has 0 bridgehead atoms. The zero-order valence-corrected chi connectivity index (χ0v) is 8.69. The van der Waals surface area contributed by atoms with Gasteiger partial charge in [-0.15, -0.1) is 0 Å². The highest BCUT2D eigenvalue weighted by atomic mass is 14.3. The third kappa shape index (κ3) is 1.56. The molecule has 1 aliphatic rings. The summed E-state index contributed by atoms with van der Waals surface area (Å²) in [6, 6.07) is 19.6. The smallest absolute Gasteiger partial charge is 0.00782 e. The molecule has 1 atom stereocenters. The van der Waals surface area contributed by atoms with Crippen molar-refractivity contribution >= 4 is 0 Å². The van der Waals surface area contributed by atoms with Gasteiger partial charge in [-0.2, -0.15) is 0 Å². The van der Waals surface area contributed by atoms with Gasteiger partial charge in [0.25, 0.3) is 0 Å². The maximum absolute atomic E-state index is 2.27. The Labute approximate surface area is 90.6 Å². The van der Waals surface area contributed by atoms with Crippen LogP contribution in [-0.4, -0.2) is 0 Å². The second-order valence-electron chi connectivity index (χ2n) is 4.29. The van der Waals surface area contributed by atoms with Gasteiger partial charge >= 0.3 is 0 Å². The van der Waals surface area contributed by atoms with Crippen molar-refractivity contribution in [2.24, 2.45) is 0 Å².